The van der Waals surface area contributed by atoms with Gasteiger partial charge in [0.15, 0.2) is 0 Å². The fourth-order valence-electron chi connectivity index (χ4n) is 3.55. The van der Waals surface area contributed by atoms with Gasteiger partial charge in [-0.2, -0.15) is 0 Å². The lowest BCUT2D eigenvalue weighted by molar-refractivity contribution is -0.539. The first-order valence-electron chi connectivity index (χ1n) is 10.6. The second-order valence-corrected chi connectivity index (χ2v) is 7.67. The molecule has 2 aliphatic heterocycles. The van der Waals surface area contributed by atoms with Crippen LogP contribution in [0.1, 0.15) is 13.8 Å². The molecular weight excluding hydrogens is 474 g/mol. The van der Waals surface area contributed by atoms with Crippen LogP contribution in [0, 0.1) is 20.2 Å². The lowest BCUT2D eigenvalue weighted by atomic mass is 10.4. The minimum absolute atomic E-state index is 0.00189. The van der Waals surface area contributed by atoms with Gasteiger partial charge in [0, 0.05) is 9.85 Å². The maximum atomic E-state index is 12.1. The average Bonchev–Trinajstić information content (AvgIpc) is 3.30. The number of nitro groups is 2. The Balaban J connectivity index is 1.78. The van der Waals surface area contributed by atoms with E-state index in [2.05, 4.69) is 9.98 Å². The summed E-state index contributed by atoms with van der Waals surface area (Å²) in [4.78, 5) is 68.3. The van der Waals surface area contributed by atoms with Gasteiger partial charge in [0.1, 0.15) is 38.0 Å². The molecule has 0 amide bonds. The summed E-state index contributed by atoms with van der Waals surface area (Å²) in [6.07, 6.45) is -2.08. The Morgan fingerprint density at radius 3 is 1.66 bits per heavy atom. The Bertz CT molecular complexity index is 844. The second kappa shape index (κ2) is 12.5. The van der Waals surface area contributed by atoms with E-state index in [0.29, 0.717) is 11.7 Å². The molecule has 0 saturated carbocycles. The number of hydrogen-bond donors (Lipinski definition) is 1. The zero-order valence-corrected chi connectivity index (χ0v) is 19.3. The molecule has 0 aromatic heterocycles. The summed E-state index contributed by atoms with van der Waals surface area (Å²) < 4.78 is 10.1. The van der Waals surface area contributed by atoms with Crippen molar-refractivity contribution in [3.05, 3.63) is 20.2 Å². The van der Waals surface area contributed by atoms with Crippen LogP contribution in [0.4, 0.5) is 0 Å². The summed E-state index contributed by atoms with van der Waals surface area (Å²) >= 11 is 0. The molecule has 2 rings (SSSR count). The Morgan fingerprint density at radius 2 is 1.31 bits per heavy atom. The highest BCUT2D eigenvalue weighted by Crippen LogP contribution is 2.11. The first kappa shape index (κ1) is 27.4. The van der Waals surface area contributed by atoms with Gasteiger partial charge in [0.25, 0.3) is 0 Å². The minimum Gasteiger partial charge on any atom is -0.480 e. The molecule has 17 nitrogen and oxygen atoms in total. The largest absolute Gasteiger partial charge is 0.480 e. The lowest BCUT2D eigenvalue weighted by Gasteiger charge is -2.22. The highest BCUT2D eigenvalue weighted by molar-refractivity contribution is 5.82. The van der Waals surface area contributed by atoms with Crippen LogP contribution in [0.25, 0.3) is 0 Å². The molecule has 0 aromatic rings. The summed E-state index contributed by atoms with van der Waals surface area (Å²) in [5.74, 6) is -2.07. The van der Waals surface area contributed by atoms with Gasteiger partial charge < -0.3 is 14.6 Å². The van der Waals surface area contributed by atoms with Crippen molar-refractivity contribution in [3.63, 3.8) is 0 Å². The third-order valence-corrected chi connectivity index (χ3v) is 5.26. The number of rotatable bonds is 14. The normalized spacial score (nSPS) is 19.4. The van der Waals surface area contributed by atoms with Gasteiger partial charge in [-0.3, -0.25) is 59.3 Å². The monoisotopic (exact) mass is 501 g/mol. The number of carbonyl (C=O) groups excluding carboxylic acids is 2. The van der Waals surface area contributed by atoms with Gasteiger partial charge in [-0.05, 0) is 13.8 Å². The molecule has 2 heterocycles. The smallest absolute Gasteiger partial charge is 0.320 e. The van der Waals surface area contributed by atoms with Gasteiger partial charge in [-0.25, -0.2) is 0 Å². The van der Waals surface area contributed by atoms with Gasteiger partial charge in [0.2, 0.25) is 0 Å². The van der Waals surface area contributed by atoms with Gasteiger partial charge in [-0.15, -0.1) is 0 Å². The first-order chi connectivity index (χ1) is 16.5. The van der Waals surface area contributed by atoms with Gasteiger partial charge in [0.05, 0.1) is 32.7 Å². The van der Waals surface area contributed by atoms with Crippen LogP contribution in [0.2, 0.25) is 0 Å². The molecule has 1 N–H and O–H groups in total. The van der Waals surface area contributed by atoms with Crippen molar-refractivity contribution in [3.8, 4) is 0 Å². The van der Waals surface area contributed by atoms with E-state index in [0.717, 1.165) is 4.90 Å². The first-order valence-corrected chi connectivity index (χ1v) is 10.6. The maximum Gasteiger partial charge on any atom is 0.320 e. The van der Waals surface area contributed by atoms with Crippen molar-refractivity contribution in [1.82, 2.24) is 14.7 Å². The number of carboxylic acid groups (broad SMARTS) is 1. The molecule has 0 saturated heterocycles. The Morgan fingerprint density at radius 1 is 0.914 bits per heavy atom. The molecule has 0 bridgehead atoms. The van der Waals surface area contributed by atoms with E-state index < -0.39 is 59.7 Å². The van der Waals surface area contributed by atoms with Crippen LogP contribution in [0.3, 0.4) is 0 Å². The Labute approximate surface area is 199 Å². The minimum atomic E-state index is -1.29. The van der Waals surface area contributed by atoms with Gasteiger partial charge in [-0.1, -0.05) is 0 Å². The van der Waals surface area contributed by atoms with E-state index in [1.54, 1.807) is 13.8 Å². The fraction of sp³-hybridized carbons (Fsp3) is 0.722. The lowest BCUT2D eigenvalue weighted by Crippen LogP contribution is -2.44. The molecule has 0 radical (unpaired) electrons. The SMILES string of the molecule is CC1=NCC([N+](=O)[O-])N1CCOC(=O)CN(CC(=O)O)CC(=O)OCCN1C(C)=NCC1[N+](=O)[O-]. The maximum absolute atomic E-state index is 12.1. The number of ether oxygens (including phenoxy) is 2. The number of carbonyl (C=O) groups is 3. The number of aliphatic carboxylic acids is 1. The third kappa shape index (κ3) is 8.13. The molecule has 0 spiro atoms. The van der Waals surface area contributed by atoms with Crippen molar-refractivity contribution in [2.24, 2.45) is 9.98 Å². The van der Waals surface area contributed by atoms with E-state index in [9.17, 15) is 34.6 Å². The average molecular weight is 501 g/mol. The van der Waals surface area contributed by atoms with Crippen LogP contribution < -0.4 is 0 Å². The zero-order chi connectivity index (χ0) is 26.1. The number of aliphatic imine (C=N–C) groups is 2. The van der Waals surface area contributed by atoms with Crippen LogP contribution in [0.15, 0.2) is 9.98 Å². The summed E-state index contributed by atoms with van der Waals surface area (Å²) in [6, 6.07) is 0. The number of carboxylic acids is 1. The molecule has 0 aromatic carbocycles. The Hall–Kier alpha value is -3.89. The predicted octanol–water partition coefficient (Wildman–Crippen LogP) is -1.87. The van der Waals surface area contributed by atoms with Crippen molar-refractivity contribution < 1.29 is 38.8 Å². The molecule has 194 valence electrons. The number of hydrogen-bond acceptors (Lipinski definition) is 14. The Kier molecular flexibility index (Phi) is 9.80. The number of amidine groups is 2. The number of esters is 2. The van der Waals surface area contributed by atoms with E-state index in [1.807, 2.05) is 0 Å². The van der Waals surface area contributed by atoms with E-state index >= 15 is 0 Å². The van der Waals surface area contributed by atoms with Crippen LogP contribution in [0.5, 0.6) is 0 Å². The van der Waals surface area contributed by atoms with Crippen LogP contribution in [-0.4, -0.2) is 131 Å². The fourth-order valence-corrected chi connectivity index (χ4v) is 3.55. The highest BCUT2D eigenvalue weighted by atomic mass is 16.6. The molecule has 35 heavy (non-hydrogen) atoms. The van der Waals surface area contributed by atoms with Crippen LogP contribution >= 0.6 is 0 Å². The molecule has 2 aliphatic rings. The van der Waals surface area contributed by atoms with E-state index in [1.165, 1.54) is 9.80 Å². The second-order valence-electron chi connectivity index (χ2n) is 7.67. The summed E-state index contributed by atoms with van der Waals surface area (Å²) in [5, 5.41) is 31.2. The predicted molar refractivity (Wildman–Crippen MR) is 117 cm³/mol. The van der Waals surface area contributed by atoms with E-state index in [-0.39, 0.29) is 39.4 Å². The highest BCUT2D eigenvalue weighted by Gasteiger charge is 2.35. The summed E-state index contributed by atoms with van der Waals surface area (Å²) in [5.41, 5.74) is 0. The van der Waals surface area contributed by atoms with Gasteiger partial charge >= 0.3 is 30.2 Å². The van der Waals surface area contributed by atoms with Crippen molar-refractivity contribution in [2.75, 3.05) is 59.0 Å². The zero-order valence-electron chi connectivity index (χ0n) is 19.3. The molecule has 0 fully saturated rings. The van der Waals surface area contributed by atoms with Crippen LogP contribution in [-0.2, 0) is 23.9 Å². The van der Waals surface area contributed by atoms with E-state index in [4.69, 9.17) is 14.6 Å². The molecule has 17 heteroatoms. The summed E-state index contributed by atoms with van der Waals surface area (Å²) in [6.45, 7) is 1.13. The number of nitrogens with zero attached hydrogens (tertiary/aromatic N) is 7. The molecule has 0 aliphatic carbocycles. The third-order valence-electron chi connectivity index (χ3n) is 5.26. The van der Waals surface area contributed by atoms with Crippen molar-refractivity contribution in [1.29, 1.82) is 0 Å². The van der Waals surface area contributed by atoms with Crippen molar-refractivity contribution >= 4 is 29.6 Å². The molecule has 2 atom stereocenters. The van der Waals surface area contributed by atoms with Crippen molar-refractivity contribution in [2.45, 2.75) is 26.2 Å². The summed E-state index contributed by atoms with van der Waals surface area (Å²) in [7, 11) is 0. The quantitative estimate of drug-likeness (QED) is 0.157. The standard InChI is InChI=1S/C18H27N7O10/c1-12-19-7-14(24(30)31)22(12)3-5-34-17(28)10-21(9-16(26)27)11-18(29)35-6-4-23-13(2)20-8-15(23)25(32)33/h14-15H,3-11H2,1-2H3,(H,26,27). The topological polar surface area (TPSA) is 211 Å². The molecule has 2 unspecified atom stereocenters. The molecular formula is C18H27N7O10.